The third kappa shape index (κ3) is 5.35. The van der Waals surface area contributed by atoms with E-state index in [9.17, 15) is 0 Å². The number of aromatic nitrogens is 1. The molecule has 1 heterocycles. The van der Waals surface area contributed by atoms with Gasteiger partial charge in [0.05, 0.1) is 22.4 Å². The summed E-state index contributed by atoms with van der Waals surface area (Å²) in [6, 6.07) is 72.5. The van der Waals surface area contributed by atoms with Gasteiger partial charge in [0.1, 0.15) is 0 Å². The highest BCUT2D eigenvalue weighted by molar-refractivity contribution is 6.32. The Kier molecular flexibility index (Phi) is 7.92. The minimum absolute atomic E-state index is 1.12. The Morgan fingerprint density at radius 3 is 1.09 bits per heavy atom. The standard InChI is InChI=1S/C52H39N3/c1-36-20-12-18-32-45(36)53(38-22-6-3-7-23-38)47-34-49-51(43-30-16-14-28-41(43)47)52-44-31-17-15-29-42(44)48(35-50(52)55(49)40-26-10-5-11-27-40)54(39-24-8-4-9-25-39)46-33-19-13-21-37(46)2/h3-35H,1-2H3. The molecule has 10 rings (SSSR count). The second-order valence-electron chi connectivity index (χ2n) is 14.3. The fourth-order valence-electron chi connectivity index (χ4n) is 8.52. The summed E-state index contributed by atoms with van der Waals surface area (Å²) in [5.41, 5.74) is 12.7. The molecule has 1 aromatic heterocycles. The Balaban J connectivity index is 1.40. The highest BCUT2D eigenvalue weighted by Gasteiger charge is 2.26. The second kappa shape index (κ2) is 13.4. The minimum atomic E-state index is 1.12. The van der Waals surface area contributed by atoms with Crippen molar-refractivity contribution in [3.05, 3.63) is 211 Å². The summed E-state index contributed by atoms with van der Waals surface area (Å²) in [6.07, 6.45) is 0. The first-order valence-corrected chi connectivity index (χ1v) is 19.0. The summed E-state index contributed by atoms with van der Waals surface area (Å²) in [4.78, 5) is 4.87. The lowest BCUT2D eigenvalue weighted by molar-refractivity contribution is 1.17. The van der Waals surface area contributed by atoms with Crippen LogP contribution in [0.5, 0.6) is 0 Å². The molecule has 0 saturated heterocycles. The van der Waals surface area contributed by atoms with Crippen molar-refractivity contribution in [1.29, 1.82) is 0 Å². The molecule has 0 aliphatic carbocycles. The Labute approximate surface area is 321 Å². The van der Waals surface area contributed by atoms with Gasteiger partial charge in [-0.25, -0.2) is 0 Å². The van der Waals surface area contributed by atoms with E-state index in [1.54, 1.807) is 0 Å². The van der Waals surface area contributed by atoms with Crippen LogP contribution in [0.25, 0.3) is 49.0 Å². The van der Waals surface area contributed by atoms with Gasteiger partial charge in [-0.2, -0.15) is 0 Å². The maximum Gasteiger partial charge on any atom is 0.0568 e. The van der Waals surface area contributed by atoms with Gasteiger partial charge in [0.25, 0.3) is 0 Å². The number of para-hydroxylation sites is 5. The molecule has 0 radical (unpaired) electrons. The third-order valence-electron chi connectivity index (χ3n) is 11.0. The molecule has 0 fully saturated rings. The van der Waals surface area contributed by atoms with E-state index < -0.39 is 0 Å². The zero-order valence-electron chi connectivity index (χ0n) is 30.9. The SMILES string of the molecule is Cc1ccccc1N(c1ccccc1)c1cc2c(c3ccccc13)c1c3ccccc3c(N(c3ccccc3)c3ccccc3C)cc1n2-c1ccccc1. The van der Waals surface area contributed by atoms with Crippen LogP contribution in [0.15, 0.2) is 200 Å². The number of hydrogen-bond donors (Lipinski definition) is 0. The average Bonchev–Trinajstić information content (AvgIpc) is 3.58. The lowest BCUT2D eigenvalue weighted by Crippen LogP contribution is -2.12. The molecular weight excluding hydrogens is 667 g/mol. The van der Waals surface area contributed by atoms with E-state index in [0.717, 1.165) is 50.8 Å². The fourth-order valence-corrected chi connectivity index (χ4v) is 8.52. The lowest BCUT2D eigenvalue weighted by Gasteiger charge is -2.28. The topological polar surface area (TPSA) is 11.4 Å². The van der Waals surface area contributed by atoms with E-state index in [-0.39, 0.29) is 0 Å². The predicted octanol–water partition coefficient (Wildman–Crippen LogP) is 14.6. The van der Waals surface area contributed by atoms with Gasteiger partial charge >= 0.3 is 0 Å². The van der Waals surface area contributed by atoms with Crippen molar-refractivity contribution in [3.63, 3.8) is 0 Å². The number of hydrogen-bond acceptors (Lipinski definition) is 2. The molecule has 0 saturated carbocycles. The molecule has 0 spiro atoms. The molecule has 3 nitrogen and oxygen atoms in total. The van der Waals surface area contributed by atoms with Crippen molar-refractivity contribution >= 4 is 77.5 Å². The first kappa shape index (κ1) is 32.5. The molecule has 0 aliphatic heterocycles. The van der Waals surface area contributed by atoms with Crippen molar-refractivity contribution in [2.75, 3.05) is 9.80 Å². The Bertz CT molecular complexity index is 2820. The first-order valence-electron chi connectivity index (χ1n) is 19.0. The Morgan fingerprint density at radius 1 is 0.327 bits per heavy atom. The predicted molar refractivity (Wildman–Crippen MR) is 235 cm³/mol. The normalized spacial score (nSPS) is 11.5. The summed E-state index contributed by atoms with van der Waals surface area (Å²) in [5, 5.41) is 7.35. The average molecular weight is 706 g/mol. The first-order chi connectivity index (χ1) is 27.2. The molecule has 262 valence electrons. The van der Waals surface area contributed by atoms with Crippen LogP contribution in [0, 0.1) is 13.8 Å². The monoisotopic (exact) mass is 705 g/mol. The van der Waals surface area contributed by atoms with Crippen molar-refractivity contribution in [2.45, 2.75) is 13.8 Å². The van der Waals surface area contributed by atoms with E-state index in [2.05, 4.69) is 228 Å². The van der Waals surface area contributed by atoms with Gasteiger partial charge in [0.15, 0.2) is 0 Å². The van der Waals surface area contributed by atoms with Gasteiger partial charge in [-0.1, -0.05) is 140 Å². The molecule has 0 amide bonds. The highest BCUT2D eigenvalue weighted by atomic mass is 15.2. The number of benzene rings is 9. The maximum atomic E-state index is 2.48. The summed E-state index contributed by atoms with van der Waals surface area (Å²) >= 11 is 0. The zero-order chi connectivity index (χ0) is 36.9. The number of rotatable bonds is 7. The van der Waals surface area contributed by atoms with Crippen LogP contribution in [-0.2, 0) is 0 Å². The van der Waals surface area contributed by atoms with Gasteiger partial charge < -0.3 is 14.4 Å². The molecule has 0 aliphatic rings. The molecule has 3 heteroatoms. The lowest BCUT2D eigenvalue weighted by atomic mass is 9.96. The van der Waals surface area contributed by atoms with Gasteiger partial charge in [0, 0.05) is 50.0 Å². The van der Waals surface area contributed by atoms with Crippen molar-refractivity contribution < 1.29 is 0 Å². The largest absolute Gasteiger partial charge is 0.310 e. The Hall–Kier alpha value is -7.10. The zero-order valence-corrected chi connectivity index (χ0v) is 30.9. The van der Waals surface area contributed by atoms with Crippen LogP contribution < -0.4 is 9.80 Å². The quantitative estimate of drug-likeness (QED) is 0.164. The summed E-state index contributed by atoms with van der Waals surface area (Å²) < 4.78 is 2.48. The van der Waals surface area contributed by atoms with Crippen molar-refractivity contribution in [3.8, 4) is 5.69 Å². The van der Waals surface area contributed by atoms with Gasteiger partial charge in [0.2, 0.25) is 0 Å². The highest BCUT2D eigenvalue weighted by Crippen LogP contribution is 2.50. The van der Waals surface area contributed by atoms with Crippen LogP contribution in [0.3, 0.4) is 0 Å². The van der Waals surface area contributed by atoms with Crippen LogP contribution in [0.4, 0.5) is 34.1 Å². The number of aryl methyl sites for hydroxylation is 2. The van der Waals surface area contributed by atoms with Crippen LogP contribution in [0.1, 0.15) is 11.1 Å². The van der Waals surface area contributed by atoms with Gasteiger partial charge in [-0.05, 0) is 96.4 Å². The minimum Gasteiger partial charge on any atom is -0.310 e. The van der Waals surface area contributed by atoms with Crippen LogP contribution in [0.2, 0.25) is 0 Å². The molecule has 0 bridgehead atoms. The molecule has 9 aromatic carbocycles. The summed E-state index contributed by atoms with van der Waals surface area (Å²) in [6.45, 7) is 4.40. The third-order valence-corrected chi connectivity index (χ3v) is 11.0. The van der Waals surface area contributed by atoms with E-state index in [0.29, 0.717) is 0 Å². The van der Waals surface area contributed by atoms with Crippen molar-refractivity contribution in [2.24, 2.45) is 0 Å². The molecular formula is C52H39N3. The number of anilines is 6. The van der Waals surface area contributed by atoms with Crippen molar-refractivity contribution in [1.82, 2.24) is 4.57 Å². The Morgan fingerprint density at radius 2 is 0.673 bits per heavy atom. The fraction of sp³-hybridized carbons (Fsp3) is 0.0385. The molecule has 0 unspecified atom stereocenters. The molecule has 55 heavy (non-hydrogen) atoms. The number of nitrogens with zero attached hydrogens (tertiary/aromatic N) is 3. The van der Waals surface area contributed by atoms with Crippen LogP contribution in [-0.4, -0.2) is 4.57 Å². The second-order valence-corrected chi connectivity index (χ2v) is 14.3. The molecule has 0 N–H and O–H groups in total. The van der Waals surface area contributed by atoms with E-state index >= 15 is 0 Å². The van der Waals surface area contributed by atoms with Gasteiger partial charge in [-0.3, -0.25) is 0 Å². The van der Waals surface area contributed by atoms with Crippen LogP contribution >= 0.6 is 0 Å². The maximum absolute atomic E-state index is 2.48. The van der Waals surface area contributed by atoms with E-state index in [1.165, 1.54) is 43.4 Å². The molecule has 0 atom stereocenters. The van der Waals surface area contributed by atoms with E-state index in [4.69, 9.17) is 0 Å². The number of fused-ring (bicyclic) bond motifs is 7. The summed E-state index contributed by atoms with van der Waals surface area (Å²) in [5.74, 6) is 0. The van der Waals surface area contributed by atoms with E-state index in [1.807, 2.05) is 0 Å². The smallest absolute Gasteiger partial charge is 0.0568 e. The molecule has 10 aromatic rings. The van der Waals surface area contributed by atoms with Gasteiger partial charge in [-0.15, -0.1) is 0 Å². The summed E-state index contributed by atoms with van der Waals surface area (Å²) in [7, 11) is 0.